The summed E-state index contributed by atoms with van der Waals surface area (Å²) >= 11 is 0. The van der Waals surface area contributed by atoms with Crippen LogP contribution in [0.1, 0.15) is 31.2 Å². The first-order chi connectivity index (χ1) is 7.72. The molecule has 0 aliphatic carbocycles. The van der Waals surface area contributed by atoms with Gasteiger partial charge in [-0.3, -0.25) is 0 Å². The van der Waals surface area contributed by atoms with E-state index in [9.17, 15) is 8.78 Å². The van der Waals surface area contributed by atoms with E-state index >= 15 is 0 Å². The van der Waals surface area contributed by atoms with E-state index in [2.05, 4.69) is 17.2 Å². The van der Waals surface area contributed by atoms with Crippen molar-refractivity contribution in [3.63, 3.8) is 0 Å². The molecule has 0 amide bonds. The summed E-state index contributed by atoms with van der Waals surface area (Å²) < 4.78 is 26.5. The fourth-order valence-corrected chi connectivity index (χ4v) is 2.07. The van der Waals surface area contributed by atoms with Crippen LogP contribution in [0.4, 0.5) is 14.5 Å². The van der Waals surface area contributed by atoms with Gasteiger partial charge in [0, 0.05) is 24.9 Å². The Morgan fingerprint density at radius 3 is 3.00 bits per heavy atom. The van der Waals surface area contributed by atoms with Crippen LogP contribution >= 0.6 is 0 Å². The van der Waals surface area contributed by atoms with Gasteiger partial charge in [0.1, 0.15) is 11.6 Å². The number of hydrogen-bond acceptors (Lipinski definition) is 1. The molecule has 0 radical (unpaired) electrons. The van der Waals surface area contributed by atoms with Crippen molar-refractivity contribution in [3.8, 4) is 11.8 Å². The maximum Gasteiger partial charge on any atom is 0.149 e. The lowest BCUT2D eigenvalue weighted by atomic mass is 9.96. The molecule has 0 saturated carbocycles. The quantitative estimate of drug-likeness (QED) is 0.756. The summed E-state index contributed by atoms with van der Waals surface area (Å²) in [6.07, 6.45) is 1.60. The normalized spacial score (nSPS) is 17.3. The second-order valence-corrected chi connectivity index (χ2v) is 3.90. The van der Waals surface area contributed by atoms with Crippen LogP contribution in [-0.2, 0) is 0 Å². The zero-order valence-corrected chi connectivity index (χ0v) is 9.11. The van der Waals surface area contributed by atoms with Crippen molar-refractivity contribution in [1.82, 2.24) is 0 Å². The molecule has 0 saturated heterocycles. The summed E-state index contributed by atoms with van der Waals surface area (Å²) in [5.74, 6) is 4.95. The van der Waals surface area contributed by atoms with Crippen LogP contribution in [0.2, 0.25) is 0 Å². The van der Waals surface area contributed by atoms with Gasteiger partial charge in [-0.2, -0.15) is 0 Å². The number of nitrogens with one attached hydrogen (secondary N) is 1. The van der Waals surface area contributed by atoms with Crippen LogP contribution in [0.25, 0.3) is 0 Å². The molecule has 2 rings (SSSR count). The Morgan fingerprint density at radius 2 is 2.25 bits per heavy atom. The zero-order chi connectivity index (χ0) is 11.5. The second kappa shape index (κ2) is 4.52. The molecule has 1 unspecified atom stereocenters. The molecule has 0 aromatic heterocycles. The van der Waals surface area contributed by atoms with Crippen molar-refractivity contribution in [2.45, 2.75) is 25.7 Å². The van der Waals surface area contributed by atoms with Crippen molar-refractivity contribution < 1.29 is 8.78 Å². The highest BCUT2D eigenvalue weighted by Crippen LogP contribution is 2.36. The highest BCUT2D eigenvalue weighted by Gasteiger charge is 2.25. The van der Waals surface area contributed by atoms with Crippen molar-refractivity contribution in [2.75, 3.05) is 11.9 Å². The van der Waals surface area contributed by atoms with Gasteiger partial charge in [0.2, 0.25) is 0 Å². The third-order valence-corrected chi connectivity index (χ3v) is 2.85. The Hall–Kier alpha value is -1.56. The third-order valence-electron chi connectivity index (χ3n) is 2.85. The predicted octanol–water partition coefficient (Wildman–Crippen LogP) is 3.28. The Kier molecular flexibility index (Phi) is 3.09. The average Bonchev–Trinajstić information content (AvgIpc) is 2.62. The number of halogens is 2. The number of benzene rings is 1. The SMILES string of the molecule is CC#CCCC1CNc2c(F)cc(F)cc21. The fraction of sp³-hybridized carbons (Fsp3) is 0.385. The summed E-state index contributed by atoms with van der Waals surface area (Å²) in [4.78, 5) is 0. The van der Waals surface area contributed by atoms with Crippen LogP contribution in [0.3, 0.4) is 0 Å². The number of rotatable bonds is 2. The fourth-order valence-electron chi connectivity index (χ4n) is 2.07. The minimum Gasteiger partial charge on any atom is -0.382 e. The first kappa shape index (κ1) is 10.9. The lowest BCUT2D eigenvalue weighted by Gasteiger charge is -2.07. The summed E-state index contributed by atoms with van der Waals surface area (Å²) in [6.45, 7) is 2.46. The Labute approximate surface area is 93.9 Å². The van der Waals surface area contributed by atoms with Gasteiger partial charge >= 0.3 is 0 Å². The predicted molar refractivity (Wildman–Crippen MR) is 60.3 cm³/mol. The van der Waals surface area contributed by atoms with E-state index in [0.717, 1.165) is 24.5 Å². The maximum absolute atomic E-state index is 13.4. The van der Waals surface area contributed by atoms with Gasteiger partial charge in [-0.05, 0) is 25.0 Å². The molecule has 16 heavy (non-hydrogen) atoms. The van der Waals surface area contributed by atoms with Crippen molar-refractivity contribution in [3.05, 3.63) is 29.3 Å². The highest BCUT2D eigenvalue weighted by atomic mass is 19.1. The Bertz CT molecular complexity index is 457. The van der Waals surface area contributed by atoms with Gasteiger partial charge in [0.15, 0.2) is 0 Å². The summed E-state index contributed by atoms with van der Waals surface area (Å²) in [6, 6.07) is 2.34. The van der Waals surface area contributed by atoms with Crippen LogP contribution in [0.15, 0.2) is 12.1 Å². The van der Waals surface area contributed by atoms with E-state index < -0.39 is 11.6 Å². The van der Waals surface area contributed by atoms with Gasteiger partial charge in [0.25, 0.3) is 0 Å². The first-order valence-electron chi connectivity index (χ1n) is 5.34. The standard InChI is InChI=1S/C13H13F2N/c1-2-3-4-5-9-8-16-13-11(9)6-10(14)7-12(13)15/h6-7,9,16H,4-5,8H2,1H3. The van der Waals surface area contributed by atoms with Crippen LogP contribution in [-0.4, -0.2) is 6.54 Å². The maximum atomic E-state index is 13.4. The van der Waals surface area contributed by atoms with Crippen molar-refractivity contribution >= 4 is 5.69 Å². The van der Waals surface area contributed by atoms with Gasteiger partial charge in [-0.25, -0.2) is 8.78 Å². The van der Waals surface area contributed by atoms with E-state index in [0.29, 0.717) is 12.2 Å². The molecule has 1 aromatic carbocycles. The molecule has 1 aliphatic heterocycles. The molecule has 1 heterocycles. The van der Waals surface area contributed by atoms with Gasteiger partial charge in [0.05, 0.1) is 5.69 Å². The molecular weight excluding hydrogens is 208 g/mol. The molecule has 0 bridgehead atoms. The zero-order valence-electron chi connectivity index (χ0n) is 9.11. The summed E-state index contributed by atoms with van der Waals surface area (Å²) in [5, 5.41) is 2.98. The number of anilines is 1. The van der Waals surface area contributed by atoms with E-state index in [1.807, 2.05) is 0 Å². The molecule has 84 valence electrons. The molecule has 1 aliphatic rings. The molecule has 1 N–H and O–H groups in total. The Morgan fingerprint density at radius 1 is 1.44 bits per heavy atom. The van der Waals surface area contributed by atoms with Gasteiger partial charge in [-0.15, -0.1) is 11.8 Å². The van der Waals surface area contributed by atoms with E-state index in [1.54, 1.807) is 6.92 Å². The molecule has 1 nitrogen and oxygen atoms in total. The van der Waals surface area contributed by atoms with Crippen LogP contribution < -0.4 is 5.32 Å². The minimum atomic E-state index is -0.508. The van der Waals surface area contributed by atoms with E-state index in [-0.39, 0.29) is 5.92 Å². The highest BCUT2D eigenvalue weighted by molar-refractivity contribution is 5.58. The lowest BCUT2D eigenvalue weighted by molar-refractivity contribution is 0.582. The summed E-state index contributed by atoms with van der Waals surface area (Å²) in [7, 11) is 0. The number of fused-ring (bicyclic) bond motifs is 1. The lowest BCUT2D eigenvalue weighted by Crippen LogP contribution is -2.01. The van der Waals surface area contributed by atoms with Crippen LogP contribution in [0.5, 0.6) is 0 Å². The minimum absolute atomic E-state index is 0.168. The van der Waals surface area contributed by atoms with Gasteiger partial charge < -0.3 is 5.32 Å². The first-order valence-corrected chi connectivity index (χ1v) is 5.34. The Balaban J connectivity index is 2.20. The molecule has 3 heteroatoms. The molecule has 0 fully saturated rings. The largest absolute Gasteiger partial charge is 0.382 e. The molecule has 1 atom stereocenters. The molecule has 1 aromatic rings. The van der Waals surface area contributed by atoms with E-state index in [4.69, 9.17) is 0 Å². The third kappa shape index (κ3) is 2.01. The number of hydrogen-bond donors (Lipinski definition) is 1. The van der Waals surface area contributed by atoms with Crippen molar-refractivity contribution in [2.24, 2.45) is 0 Å². The molecular formula is C13H13F2N. The second-order valence-electron chi connectivity index (χ2n) is 3.90. The van der Waals surface area contributed by atoms with Crippen molar-refractivity contribution in [1.29, 1.82) is 0 Å². The topological polar surface area (TPSA) is 12.0 Å². The molecule has 0 spiro atoms. The average molecular weight is 221 g/mol. The monoisotopic (exact) mass is 221 g/mol. The van der Waals surface area contributed by atoms with Crippen LogP contribution in [0, 0.1) is 23.5 Å². The summed E-state index contributed by atoms with van der Waals surface area (Å²) in [5.41, 5.74) is 1.20. The smallest absolute Gasteiger partial charge is 0.149 e. The van der Waals surface area contributed by atoms with Gasteiger partial charge in [-0.1, -0.05) is 0 Å². The van der Waals surface area contributed by atoms with E-state index in [1.165, 1.54) is 6.07 Å².